The number of nitrogens with zero attached hydrogens (tertiary/aromatic N) is 2. The van der Waals surface area contributed by atoms with Gasteiger partial charge >= 0.3 is 0 Å². The summed E-state index contributed by atoms with van der Waals surface area (Å²) in [5.41, 5.74) is 3.48. The minimum atomic E-state index is 1.04. The number of aromatic nitrogens is 2. The molecule has 0 saturated carbocycles. The molecule has 1 aromatic carbocycles. The van der Waals surface area contributed by atoms with E-state index in [1.165, 1.54) is 10.9 Å². The van der Waals surface area contributed by atoms with E-state index in [9.17, 15) is 0 Å². The second-order valence-electron chi connectivity index (χ2n) is 3.67. The standard InChI is InChI=1S/C13H11N2/c1-10-11-6-2-3-7-12(11)14-15-9-5-4-8-13(10)15/h2-9H,1H3/q+1. The SMILES string of the molecule is Cc1c2ccccc2n[n+]2ccccc12. The first kappa shape index (κ1) is 8.36. The van der Waals surface area contributed by atoms with Gasteiger partial charge in [0.05, 0.1) is 0 Å². The maximum absolute atomic E-state index is 4.56. The first-order valence-corrected chi connectivity index (χ1v) is 5.02. The lowest BCUT2D eigenvalue weighted by molar-refractivity contribution is -0.578. The van der Waals surface area contributed by atoms with Gasteiger partial charge in [-0.25, -0.2) is 0 Å². The summed E-state index contributed by atoms with van der Waals surface area (Å²) < 4.78 is 1.93. The van der Waals surface area contributed by atoms with Gasteiger partial charge in [-0.1, -0.05) is 22.7 Å². The molecule has 0 radical (unpaired) electrons. The van der Waals surface area contributed by atoms with Crippen molar-refractivity contribution in [1.29, 1.82) is 0 Å². The summed E-state index contributed by atoms with van der Waals surface area (Å²) in [7, 11) is 0. The van der Waals surface area contributed by atoms with Gasteiger partial charge in [-0.2, -0.15) is 0 Å². The third kappa shape index (κ3) is 1.18. The number of hydrogen-bond donors (Lipinski definition) is 0. The Kier molecular flexibility index (Phi) is 1.68. The van der Waals surface area contributed by atoms with Gasteiger partial charge in [0, 0.05) is 28.2 Å². The number of benzene rings is 1. The van der Waals surface area contributed by atoms with Crippen LogP contribution in [0, 0.1) is 6.92 Å². The molecule has 15 heavy (non-hydrogen) atoms. The summed E-state index contributed by atoms with van der Waals surface area (Å²) >= 11 is 0. The number of fused-ring (bicyclic) bond motifs is 2. The van der Waals surface area contributed by atoms with E-state index in [4.69, 9.17) is 0 Å². The van der Waals surface area contributed by atoms with Gasteiger partial charge in [-0.3, -0.25) is 0 Å². The Morgan fingerprint density at radius 1 is 1.00 bits per heavy atom. The zero-order valence-corrected chi connectivity index (χ0v) is 8.51. The lowest BCUT2D eigenvalue weighted by Gasteiger charge is -1.98. The zero-order chi connectivity index (χ0) is 10.3. The molecule has 0 saturated heterocycles. The van der Waals surface area contributed by atoms with Crippen LogP contribution in [-0.2, 0) is 0 Å². The van der Waals surface area contributed by atoms with Crippen molar-refractivity contribution < 1.29 is 4.52 Å². The van der Waals surface area contributed by atoms with Crippen LogP contribution in [0.15, 0.2) is 48.7 Å². The molecule has 0 spiro atoms. The van der Waals surface area contributed by atoms with E-state index in [1.54, 1.807) is 0 Å². The van der Waals surface area contributed by atoms with Crippen LogP contribution in [0.25, 0.3) is 16.4 Å². The van der Waals surface area contributed by atoms with Crippen LogP contribution in [0.4, 0.5) is 0 Å². The zero-order valence-electron chi connectivity index (χ0n) is 8.51. The molecule has 0 amide bonds. The molecule has 2 nitrogen and oxygen atoms in total. The van der Waals surface area contributed by atoms with Gasteiger partial charge in [0.15, 0.2) is 0 Å². The van der Waals surface area contributed by atoms with Gasteiger partial charge < -0.3 is 0 Å². The summed E-state index contributed by atoms with van der Waals surface area (Å²) in [5, 5.41) is 5.78. The van der Waals surface area contributed by atoms with Crippen LogP contribution in [0.1, 0.15) is 5.56 Å². The van der Waals surface area contributed by atoms with Gasteiger partial charge in [-0.05, 0) is 19.1 Å². The van der Waals surface area contributed by atoms with E-state index >= 15 is 0 Å². The Labute approximate surface area is 87.8 Å². The van der Waals surface area contributed by atoms with Crippen LogP contribution < -0.4 is 4.52 Å². The monoisotopic (exact) mass is 195 g/mol. The largest absolute Gasteiger partial charge is 0.241 e. The van der Waals surface area contributed by atoms with Crippen molar-refractivity contribution in [3.8, 4) is 0 Å². The van der Waals surface area contributed by atoms with E-state index in [2.05, 4.69) is 30.2 Å². The normalized spacial score (nSPS) is 11.0. The molecule has 0 fully saturated rings. The molecule has 3 rings (SSSR count). The summed E-state index contributed by atoms with van der Waals surface area (Å²) in [5.74, 6) is 0. The van der Waals surface area contributed by atoms with E-state index in [0.29, 0.717) is 0 Å². The fourth-order valence-corrected chi connectivity index (χ4v) is 1.95. The van der Waals surface area contributed by atoms with E-state index < -0.39 is 0 Å². The second kappa shape index (κ2) is 3.02. The average molecular weight is 195 g/mol. The van der Waals surface area contributed by atoms with Crippen molar-refractivity contribution in [1.82, 2.24) is 5.10 Å². The maximum Gasteiger partial charge on any atom is 0.241 e. The molecule has 0 atom stereocenters. The molecule has 2 heteroatoms. The highest BCUT2D eigenvalue weighted by Gasteiger charge is 2.10. The number of hydrogen-bond acceptors (Lipinski definition) is 1. The van der Waals surface area contributed by atoms with Crippen molar-refractivity contribution in [3.05, 3.63) is 54.2 Å². The molecule has 0 aliphatic heterocycles. The van der Waals surface area contributed by atoms with Gasteiger partial charge in [0.1, 0.15) is 5.52 Å². The first-order valence-electron chi connectivity index (χ1n) is 5.02. The number of aryl methyl sites for hydroxylation is 1. The smallest absolute Gasteiger partial charge is 0.0615 e. The summed E-state index contributed by atoms with van der Waals surface area (Å²) in [6.07, 6.45) is 1.98. The van der Waals surface area contributed by atoms with E-state index in [0.717, 1.165) is 11.0 Å². The average Bonchev–Trinajstić information content (AvgIpc) is 2.30. The van der Waals surface area contributed by atoms with Crippen molar-refractivity contribution in [2.45, 2.75) is 6.92 Å². The lowest BCUT2D eigenvalue weighted by Crippen LogP contribution is -2.26. The minimum absolute atomic E-state index is 1.04. The molecule has 0 aliphatic rings. The highest BCUT2D eigenvalue weighted by molar-refractivity contribution is 5.84. The number of rotatable bonds is 0. The molecule has 2 aromatic heterocycles. The van der Waals surface area contributed by atoms with Crippen LogP contribution in [-0.4, -0.2) is 5.10 Å². The molecule has 0 N–H and O–H groups in total. The Bertz CT molecular complexity index is 590. The molecule has 0 unspecified atom stereocenters. The second-order valence-corrected chi connectivity index (χ2v) is 3.67. The van der Waals surface area contributed by atoms with Gasteiger partial charge in [0.2, 0.25) is 11.7 Å². The maximum atomic E-state index is 4.56. The fraction of sp³-hybridized carbons (Fsp3) is 0.0769. The third-order valence-corrected chi connectivity index (χ3v) is 2.75. The molecule has 0 bridgehead atoms. The Hall–Kier alpha value is -1.96. The molecule has 2 heterocycles. The van der Waals surface area contributed by atoms with E-state index in [1.807, 2.05) is 35.0 Å². The molecule has 3 aromatic rings. The molecule has 0 aliphatic carbocycles. The topological polar surface area (TPSA) is 17.0 Å². The molecular formula is C13H11N2+. The Balaban J connectivity index is 2.60. The third-order valence-electron chi connectivity index (χ3n) is 2.75. The molecule has 72 valence electrons. The van der Waals surface area contributed by atoms with Crippen molar-refractivity contribution in [3.63, 3.8) is 0 Å². The minimum Gasteiger partial charge on any atom is -0.0615 e. The predicted molar refractivity (Wildman–Crippen MR) is 59.6 cm³/mol. The summed E-state index contributed by atoms with van der Waals surface area (Å²) in [4.78, 5) is 0. The van der Waals surface area contributed by atoms with Crippen LogP contribution >= 0.6 is 0 Å². The van der Waals surface area contributed by atoms with Crippen LogP contribution in [0.2, 0.25) is 0 Å². The number of pyridine rings is 1. The molecular weight excluding hydrogens is 184 g/mol. The first-order chi connectivity index (χ1) is 7.36. The van der Waals surface area contributed by atoms with Crippen molar-refractivity contribution in [2.24, 2.45) is 0 Å². The highest BCUT2D eigenvalue weighted by atomic mass is 15.2. The highest BCUT2D eigenvalue weighted by Crippen LogP contribution is 2.16. The van der Waals surface area contributed by atoms with Crippen molar-refractivity contribution in [2.75, 3.05) is 0 Å². The van der Waals surface area contributed by atoms with Crippen LogP contribution in [0.3, 0.4) is 0 Å². The van der Waals surface area contributed by atoms with Gasteiger partial charge in [-0.15, -0.1) is 0 Å². The van der Waals surface area contributed by atoms with Crippen molar-refractivity contribution >= 4 is 16.4 Å². The van der Waals surface area contributed by atoms with Gasteiger partial charge in [0.25, 0.3) is 0 Å². The summed E-state index contributed by atoms with van der Waals surface area (Å²) in [6, 6.07) is 14.4. The Morgan fingerprint density at radius 3 is 2.73 bits per heavy atom. The van der Waals surface area contributed by atoms with E-state index in [-0.39, 0.29) is 0 Å². The van der Waals surface area contributed by atoms with Crippen LogP contribution in [0.5, 0.6) is 0 Å². The lowest BCUT2D eigenvalue weighted by atomic mass is 10.1. The predicted octanol–water partition coefficient (Wildman–Crippen LogP) is 2.28. The quantitative estimate of drug-likeness (QED) is 0.397. The summed E-state index contributed by atoms with van der Waals surface area (Å²) in [6.45, 7) is 2.14. The fourth-order valence-electron chi connectivity index (χ4n) is 1.95. The Morgan fingerprint density at radius 2 is 1.80 bits per heavy atom.